The topological polar surface area (TPSA) is 83.4 Å². The molecular formula is C29H35FN4O3. The molecule has 1 unspecified atom stereocenters. The third-order valence-corrected chi connectivity index (χ3v) is 6.93. The van der Waals surface area contributed by atoms with Crippen molar-refractivity contribution in [2.45, 2.75) is 58.0 Å². The molecule has 1 heterocycles. The lowest BCUT2D eigenvalue weighted by atomic mass is 9.93. The van der Waals surface area contributed by atoms with Crippen LogP contribution in [-0.2, 0) is 14.3 Å². The number of hydrogen-bond donors (Lipinski definition) is 1. The average Bonchev–Trinajstić information content (AvgIpc) is 2.89. The van der Waals surface area contributed by atoms with Crippen LogP contribution in [-0.4, -0.2) is 55.6 Å². The molecule has 0 bridgehead atoms. The van der Waals surface area contributed by atoms with Crippen LogP contribution in [0.25, 0.3) is 0 Å². The molecule has 0 aromatic heterocycles. The Morgan fingerprint density at radius 2 is 1.81 bits per heavy atom. The Morgan fingerprint density at radius 3 is 2.54 bits per heavy atom. The quantitative estimate of drug-likeness (QED) is 0.540. The highest BCUT2D eigenvalue weighted by Crippen LogP contribution is 2.31. The molecule has 1 N–H and O–H groups in total. The molecule has 1 saturated carbocycles. The van der Waals surface area contributed by atoms with Gasteiger partial charge in [-0.2, -0.15) is 0 Å². The molecule has 1 aliphatic heterocycles. The molecule has 7 nitrogen and oxygen atoms in total. The van der Waals surface area contributed by atoms with Crippen LogP contribution >= 0.6 is 0 Å². The summed E-state index contributed by atoms with van der Waals surface area (Å²) in [5.41, 5.74) is 3.36. The number of nitrogens with zero attached hydrogens (tertiary/aromatic N) is 3. The van der Waals surface area contributed by atoms with Crippen molar-refractivity contribution in [1.29, 1.82) is 0 Å². The second-order valence-electron chi connectivity index (χ2n) is 9.63. The van der Waals surface area contributed by atoms with Gasteiger partial charge in [0.25, 0.3) is 5.91 Å². The van der Waals surface area contributed by atoms with Crippen LogP contribution in [0.15, 0.2) is 58.5 Å². The number of ether oxygens (including phenoxy) is 1. The van der Waals surface area contributed by atoms with E-state index in [-0.39, 0.29) is 25.2 Å². The van der Waals surface area contributed by atoms with Gasteiger partial charge in [0.1, 0.15) is 18.5 Å². The number of benzene rings is 2. The highest BCUT2D eigenvalue weighted by molar-refractivity contribution is 6.42. The number of halogens is 1. The SMILES string of the molecule is CC1=NCCN=C1COCC(=O)N(c1cccc(F)c1)C(C(=O)NC1CCCCC1)c1ccccc1C. The Hall–Kier alpha value is -3.39. The van der Waals surface area contributed by atoms with E-state index in [1.807, 2.05) is 38.1 Å². The van der Waals surface area contributed by atoms with E-state index in [0.29, 0.717) is 30.1 Å². The van der Waals surface area contributed by atoms with Crippen molar-refractivity contribution in [3.8, 4) is 0 Å². The molecule has 1 fully saturated rings. The molecule has 2 aromatic carbocycles. The van der Waals surface area contributed by atoms with Crippen molar-refractivity contribution < 1.29 is 18.7 Å². The molecule has 2 amide bonds. The average molecular weight is 507 g/mol. The minimum absolute atomic E-state index is 0.0556. The lowest BCUT2D eigenvalue weighted by Crippen LogP contribution is -2.48. The summed E-state index contributed by atoms with van der Waals surface area (Å²) in [5.74, 6) is -1.21. The molecule has 8 heteroatoms. The lowest BCUT2D eigenvalue weighted by molar-refractivity contribution is -0.129. The Balaban J connectivity index is 1.65. The van der Waals surface area contributed by atoms with Crippen molar-refractivity contribution in [3.05, 3.63) is 65.5 Å². The molecule has 37 heavy (non-hydrogen) atoms. The maximum atomic E-state index is 14.3. The highest BCUT2D eigenvalue weighted by atomic mass is 19.1. The zero-order valence-electron chi connectivity index (χ0n) is 21.6. The molecule has 196 valence electrons. The summed E-state index contributed by atoms with van der Waals surface area (Å²) in [5, 5.41) is 3.18. The molecule has 1 aliphatic carbocycles. The van der Waals surface area contributed by atoms with E-state index < -0.39 is 17.8 Å². The number of rotatable bonds is 9. The first-order valence-corrected chi connectivity index (χ1v) is 13.0. The van der Waals surface area contributed by atoms with Gasteiger partial charge in [-0.1, -0.05) is 49.6 Å². The third-order valence-electron chi connectivity index (χ3n) is 6.93. The fourth-order valence-electron chi connectivity index (χ4n) is 4.94. The number of nitrogens with one attached hydrogen (secondary N) is 1. The molecule has 0 saturated heterocycles. The predicted molar refractivity (Wildman–Crippen MR) is 144 cm³/mol. The normalized spacial score (nSPS) is 16.9. The van der Waals surface area contributed by atoms with Gasteiger partial charge in [0.05, 0.1) is 31.1 Å². The van der Waals surface area contributed by atoms with E-state index in [1.165, 1.54) is 23.1 Å². The number of anilines is 1. The first-order chi connectivity index (χ1) is 17.9. The van der Waals surface area contributed by atoms with Crippen LogP contribution in [0.3, 0.4) is 0 Å². The van der Waals surface area contributed by atoms with Crippen LogP contribution in [0.5, 0.6) is 0 Å². The molecule has 2 aromatic rings. The van der Waals surface area contributed by atoms with Gasteiger partial charge in [-0.3, -0.25) is 24.5 Å². The maximum Gasteiger partial charge on any atom is 0.254 e. The van der Waals surface area contributed by atoms with Gasteiger partial charge >= 0.3 is 0 Å². The van der Waals surface area contributed by atoms with Crippen molar-refractivity contribution >= 4 is 28.9 Å². The Labute approximate surface area is 217 Å². The summed E-state index contributed by atoms with van der Waals surface area (Å²) >= 11 is 0. The molecule has 2 aliphatic rings. The summed E-state index contributed by atoms with van der Waals surface area (Å²) in [6.45, 7) is 4.87. The van der Waals surface area contributed by atoms with Gasteiger partial charge in [-0.05, 0) is 56.0 Å². The summed E-state index contributed by atoms with van der Waals surface area (Å²) in [6, 6.07) is 12.3. The number of hydrogen-bond acceptors (Lipinski definition) is 5. The molecule has 4 rings (SSSR count). The van der Waals surface area contributed by atoms with Crippen LogP contribution in [0, 0.1) is 12.7 Å². The Bertz CT molecular complexity index is 1170. The van der Waals surface area contributed by atoms with E-state index in [2.05, 4.69) is 15.3 Å². The van der Waals surface area contributed by atoms with Gasteiger partial charge in [-0.15, -0.1) is 0 Å². The smallest absolute Gasteiger partial charge is 0.254 e. The molecular weight excluding hydrogens is 471 g/mol. The second kappa shape index (κ2) is 12.7. The van der Waals surface area contributed by atoms with Crippen molar-refractivity contribution in [2.24, 2.45) is 9.98 Å². The first-order valence-electron chi connectivity index (χ1n) is 13.0. The molecule has 1 atom stereocenters. The van der Waals surface area contributed by atoms with Crippen molar-refractivity contribution in [1.82, 2.24) is 5.32 Å². The van der Waals surface area contributed by atoms with Gasteiger partial charge in [0.15, 0.2) is 0 Å². The standard InChI is InChI=1S/C29H35FN4O3/c1-20-9-6-7-14-25(20)28(29(36)33-23-11-4-3-5-12-23)34(24-13-8-10-22(30)17-24)27(35)19-37-18-26-21(2)31-15-16-32-26/h6-10,13-14,17,23,28H,3-5,11-12,15-16,18-19H2,1-2H3,(H,33,36). The number of carbonyl (C=O) groups excluding carboxylic acids is 2. The Morgan fingerprint density at radius 1 is 1.05 bits per heavy atom. The fraction of sp³-hybridized carbons (Fsp3) is 0.448. The second-order valence-corrected chi connectivity index (χ2v) is 9.63. The number of carbonyl (C=O) groups is 2. The minimum Gasteiger partial charge on any atom is -0.365 e. The van der Waals surface area contributed by atoms with Gasteiger partial charge in [0, 0.05) is 11.7 Å². The summed E-state index contributed by atoms with van der Waals surface area (Å²) in [6.07, 6.45) is 5.10. The summed E-state index contributed by atoms with van der Waals surface area (Å²) in [7, 11) is 0. The largest absolute Gasteiger partial charge is 0.365 e. The maximum absolute atomic E-state index is 14.3. The molecule has 0 radical (unpaired) electrons. The Kier molecular flexibility index (Phi) is 9.17. The van der Waals surface area contributed by atoms with E-state index in [9.17, 15) is 14.0 Å². The van der Waals surface area contributed by atoms with E-state index >= 15 is 0 Å². The summed E-state index contributed by atoms with van der Waals surface area (Å²) in [4.78, 5) is 37.8. The number of aryl methyl sites for hydroxylation is 1. The monoisotopic (exact) mass is 506 g/mol. The lowest BCUT2D eigenvalue weighted by Gasteiger charge is -2.34. The zero-order chi connectivity index (χ0) is 26.2. The van der Waals surface area contributed by atoms with Crippen molar-refractivity contribution in [3.63, 3.8) is 0 Å². The predicted octanol–water partition coefficient (Wildman–Crippen LogP) is 4.59. The van der Waals surface area contributed by atoms with Crippen LogP contribution in [0.2, 0.25) is 0 Å². The van der Waals surface area contributed by atoms with Crippen LogP contribution in [0.1, 0.15) is 56.2 Å². The fourth-order valence-corrected chi connectivity index (χ4v) is 4.94. The summed E-state index contributed by atoms with van der Waals surface area (Å²) < 4.78 is 20.1. The van der Waals surface area contributed by atoms with E-state index in [4.69, 9.17) is 4.74 Å². The van der Waals surface area contributed by atoms with Gasteiger partial charge < -0.3 is 10.1 Å². The first kappa shape index (κ1) is 26.7. The van der Waals surface area contributed by atoms with E-state index in [1.54, 1.807) is 6.07 Å². The van der Waals surface area contributed by atoms with E-state index in [0.717, 1.165) is 43.4 Å². The zero-order valence-corrected chi connectivity index (χ0v) is 21.6. The highest BCUT2D eigenvalue weighted by Gasteiger charge is 2.35. The number of aliphatic imine (C=N–C) groups is 2. The van der Waals surface area contributed by atoms with Crippen LogP contribution in [0.4, 0.5) is 10.1 Å². The minimum atomic E-state index is -0.976. The third kappa shape index (κ3) is 6.89. The van der Waals surface area contributed by atoms with Gasteiger partial charge in [-0.25, -0.2) is 4.39 Å². The van der Waals surface area contributed by atoms with Crippen molar-refractivity contribution in [2.75, 3.05) is 31.2 Å². The van der Waals surface area contributed by atoms with Gasteiger partial charge in [0.2, 0.25) is 5.91 Å². The van der Waals surface area contributed by atoms with Crippen LogP contribution < -0.4 is 10.2 Å². The number of amides is 2. The molecule has 0 spiro atoms.